The zero-order valence-corrected chi connectivity index (χ0v) is 19.5. The third kappa shape index (κ3) is 4.91. The second-order valence-electron chi connectivity index (χ2n) is 8.93. The lowest BCUT2D eigenvalue weighted by atomic mass is 9.95. The number of fused-ring (bicyclic) bond motifs is 1. The van der Waals surface area contributed by atoms with Crippen molar-refractivity contribution in [3.8, 4) is 11.1 Å². The van der Waals surface area contributed by atoms with Crippen molar-refractivity contribution >= 4 is 30.9 Å². The molecule has 0 aliphatic rings. The highest BCUT2D eigenvalue weighted by Gasteiger charge is 2.20. The van der Waals surface area contributed by atoms with E-state index in [4.69, 9.17) is 4.74 Å². The number of carbonyl (C=O) groups is 1. The van der Waals surface area contributed by atoms with Crippen LogP contribution >= 0.6 is 0 Å². The van der Waals surface area contributed by atoms with E-state index in [-0.39, 0.29) is 0 Å². The van der Waals surface area contributed by atoms with Crippen LogP contribution in [0.1, 0.15) is 17.0 Å². The molecule has 0 atom stereocenters. The first-order chi connectivity index (χ1) is 14.2. The number of nitrogens with zero attached hydrogens (tertiary/aromatic N) is 1. The van der Waals surface area contributed by atoms with Gasteiger partial charge < -0.3 is 14.4 Å². The number of benzene rings is 2. The van der Waals surface area contributed by atoms with Crippen molar-refractivity contribution in [1.82, 2.24) is 4.57 Å². The molecular formula is C25H31NO3Si. The van der Waals surface area contributed by atoms with Crippen LogP contribution in [-0.2, 0) is 16.3 Å². The first-order valence-electron chi connectivity index (χ1n) is 10.4. The minimum Gasteiger partial charge on any atom is -0.478 e. The largest absolute Gasteiger partial charge is 0.478 e. The monoisotopic (exact) mass is 421 g/mol. The summed E-state index contributed by atoms with van der Waals surface area (Å²) in [6.45, 7) is 12.4. The summed E-state index contributed by atoms with van der Waals surface area (Å²) >= 11 is 0. The summed E-state index contributed by atoms with van der Waals surface area (Å²) in [4.78, 5) is 11.2. The average molecular weight is 422 g/mol. The third-order valence-electron chi connectivity index (χ3n) is 5.50. The summed E-state index contributed by atoms with van der Waals surface area (Å²) in [6.07, 6.45) is 2.92. The quantitative estimate of drug-likeness (QED) is 0.262. The van der Waals surface area contributed by atoms with Gasteiger partial charge in [0.1, 0.15) is 6.73 Å². The minimum atomic E-state index is -1.15. The number of carboxylic acids is 1. The Kier molecular flexibility index (Phi) is 6.63. The summed E-state index contributed by atoms with van der Waals surface area (Å²) < 4.78 is 8.19. The smallest absolute Gasteiger partial charge is 0.328 e. The Balaban J connectivity index is 2.08. The lowest BCUT2D eigenvalue weighted by molar-refractivity contribution is -0.131. The topological polar surface area (TPSA) is 51.5 Å². The number of aliphatic carboxylic acids is 1. The van der Waals surface area contributed by atoms with Crippen molar-refractivity contribution in [2.75, 3.05) is 6.61 Å². The van der Waals surface area contributed by atoms with Crippen molar-refractivity contribution in [1.29, 1.82) is 0 Å². The Morgan fingerprint density at radius 3 is 2.47 bits per heavy atom. The maximum absolute atomic E-state index is 11.2. The molecule has 0 radical (unpaired) electrons. The Hall–Kier alpha value is -2.63. The zero-order chi connectivity index (χ0) is 21.9. The fourth-order valence-corrected chi connectivity index (χ4v) is 4.53. The van der Waals surface area contributed by atoms with Gasteiger partial charge in [0.25, 0.3) is 0 Å². The molecule has 30 heavy (non-hydrogen) atoms. The fraction of sp³-hybridized carbons (Fsp3) is 0.320. The van der Waals surface area contributed by atoms with E-state index in [1.807, 2.05) is 19.1 Å². The van der Waals surface area contributed by atoms with E-state index in [1.165, 1.54) is 11.5 Å². The van der Waals surface area contributed by atoms with E-state index in [9.17, 15) is 9.90 Å². The molecule has 0 spiro atoms. The van der Waals surface area contributed by atoms with Crippen LogP contribution in [0.15, 0.2) is 48.5 Å². The number of carboxylic acid groups (broad SMARTS) is 1. The molecule has 5 heteroatoms. The predicted molar refractivity (Wildman–Crippen MR) is 128 cm³/mol. The van der Waals surface area contributed by atoms with Gasteiger partial charge in [-0.2, -0.15) is 0 Å². The van der Waals surface area contributed by atoms with Crippen LogP contribution in [0.2, 0.25) is 25.7 Å². The van der Waals surface area contributed by atoms with Crippen LogP contribution in [-0.4, -0.2) is 30.3 Å². The number of aromatic nitrogens is 1. The normalized spacial score (nSPS) is 12.2. The average Bonchev–Trinajstić information content (AvgIpc) is 2.92. The SMILES string of the molecule is Cc1c(/C=C/C(=O)O)c(-c2cccc3ccccc23)c(C)n1COCC[Si](C)(C)C. The van der Waals surface area contributed by atoms with Gasteiger partial charge in [0.05, 0.1) is 0 Å². The molecule has 0 bridgehead atoms. The molecule has 0 fully saturated rings. The lowest BCUT2D eigenvalue weighted by Crippen LogP contribution is -2.22. The summed E-state index contributed by atoms with van der Waals surface area (Å²) in [5, 5.41) is 11.5. The molecule has 4 nitrogen and oxygen atoms in total. The Morgan fingerprint density at radius 2 is 1.77 bits per heavy atom. The van der Waals surface area contributed by atoms with Gasteiger partial charge >= 0.3 is 5.97 Å². The molecule has 158 valence electrons. The number of ether oxygens (including phenoxy) is 1. The minimum absolute atomic E-state index is 0.473. The zero-order valence-electron chi connectivity index (χ0n) is 18.5. The van der Waals surface area contributed by atoms with Gasteiger partial charge in [0, 0.05) is 43.3 Å². The standard InChI is InChI=1S/C25H31NO3Si/c1-18-21(13-14-24(27)28)25(19(2)26(18)17-29-15-16-30(3,4)5)23-12-8-10-20-9-6-7-11-22(20)23/h6-14H,15-17H2,1-5H3,(H,27,28)/b14-13+. The van der Waals surface area contributed by atoms with Crippen LogP contribution in [0.4, 0.5) is 0 Å². The maximum atomic E-state index is 11.2. The molecule has 2 aromatic carbocycles. The van der Waals surface area contributed by atoms with Gasteiger partial charge in [0.15, 0.2) is 0 Å². The van der Waals surface area contributed by atoms with E-state index < -0.39 is 14.0 Å². The summed E-state index contributed by atoms with van der Waals surface area (Å²) in [5.41, 5.74) is 5.21. The fourth-order valence-electron chi connectivity index (χ4n) is 3.78. The van der Waals surface area contributed by atoms with E-state index >= 15 is 0 Å². The van der Waals surface area contributed by atoms with Crippen LogP contribution in [0.25, 0.3) is 28.0 Å². The first-order valence-corrected chi connectivity index (χ1v) is 14.1. The lowest BCUT2D eigenvalue weighted by Gasteiger charge is -2.16. The van der Waals surface area contributed by atoms with E-state index in [0.717, 1.165) is 46.1 Å². The molecule has 0 saturated heterocycles. The first kappa shape index (κ1) is 22.1. The molecule has 0 saturated carbocycles. The Labute approximate surface area is 179 Å². The third-order valence-corrected chi connectivity index (χ3v) is 7.20. The Morgan fingerprint density at radius 1 is 1.07 bits per heavy atom. The van der Waals surface area contributed by atoms with Crippen molar-refractivity contribution in [2.45, 2.75) is 46.3 Å². The summed E-state index contributed by atoms with van der Waals surface area (Å²) in [5.74, 6) is -0.949. The molecule has 3 aromatic rings. The molecule has 0 aliphatic heterocycles. The molecule has 0 aliphatic carbocycles. The second kappa shape index (κ2) is 9.02. The molecule has 0 unspecified atom stereocenters. The van der Waals surface area contributed by atoms with Crippen molar-refractivity contribution in [2.24, 2.45) is 0 Å². The van der Waals surface area contributed by atoms with Crippen molar-refractivity contribution < 1.29 is 14.6 Å². The van der Waals surface area contributed by atoms with Gasteiger partial charge in [0.2, 0.25) is 0 Å². The van der Waals surface area contributed by atoms with Gasteiger partial charge in [-0.05, 0) is 42.3 Å². The molecule has 1 aromatic heterocycles. The highest BCUT2D eigenvalue weighted by molar-refractivity contribution is 6.76. The van der Waals surface area contributed by atoms with Crippen LogP contribution < -0.4 is 0 Å². The van der Waals surface area contributed by atoms with Crippen LogP contribution in [0, 0.1) is 13.8 Å². The van der Waals surface area contributed by atoms with E-state index in [0.29, 0.717) is 6.73 Å². The molecular weight excluding hydrogens is 390 g/mol. The molecule has 3 rings (SSSR count). The number of hydrogen-bond acceptors (Lipinski definition) is 2. The molecule has 0 amide bonds. The number of rotatable bonds is 8. The maximum Gasteiger partial charge on any atom is 0.328 e. The highest BCUT2D eigenvalue weighted by atomic mass is 28.3. The van der Waals surface area contributed by atoms with E-state index in [1.54, 1.807) is 6.08 Å². The van der Waals surface area contributed by atoms with Crippen LogP contribution in [0.3, 0.4) is 0 Å². The second-order valence-corrected chi connectivity index (χ2v) is 14.6. The van der Waals surface area contributed by atoms with Gasteiger partial charge in [-0.3, -0.25) is 0 Å². The predicted octanol–water partition coefficient (Wildman–Crippen LogP) is 6.34. The van der Waals surface area contributed by atoms with Gasteiger partial charge in [-0.25, -0.2) is 4.79 Å². The van der Waals surface area contributed by atoms with Crippen molar-refractivity contribution in [3.63, 3.8) is 0 Å². The van der Waals surface area contributed by atoms with E-state index in [2.05, 4.69) is 61.5 Å². The number of hydrogen-bond donors (Lipinski definition) is 1. The van der Waals surface area contributed by atoms with Gasteiger partial charge in [-0.1, -0.05) is 62.1 Å². The van der Waals surface area contributed by atoms with Gasteiger partial charge in [-0.15, -0.1) is 0 Å². The molecule has 1 N–H and O–H groups in total. The van der Waals surface area contributed by atoms with Crippen LogP contribution in [0.5, 0.6) is 0 Å². The summed E-state index contributed by atoms with van der Waals surface area (Å²) in [6, 6.07) is 15.7. The summed E-state index contributed by atoms with van der Waals surface area (Å²) in [7, 11) is -1.15. The Bertz CT molecular complexity index is 1080. The highest BCUT2D eigenvalue weighted by Crippen LogP contribution is 2.37. The van der Waals surface area contributed by atoms with Crippen molar-refractivity contribution in [3.05, 3.63) is 65.5 Å². The molecule has 1 heterocycles.